The molecule has 0 radical (unpaired) electrons. The lowest BCUT2D eigenvalue weighted by molar-refractivity contribution is 0.0526. The number of thiophene rings is 2. The van der Waals surface area contributed by atoms with Crippen LogP contribution in [0, 0.1) is 6.92 Å². The maximum Gasteiger partial charge on any atom is 0.341 e. The monoisotopic (exact) mass is 522 g/mol. The fourth-order valence-electron chi connectivity index (χ4n) is 4.47. The van der Waals surface area contributed by atoms with Crippen LogP contribution in [0.25, 0.3) is 10.2 Å². The molecule has 10 heteroatoms. The maximum absolute atomic E-state index is 13.4. The number of aromatic nitrogens is 2. The molecule has 0 aliphatic carbocycles. The zero-order valence-electron chi connectivity index (χ0n) is 20.3. The molecule has 0 saturated carbocycles. The number of esters is 1. The van der Waals surface area contributed by atoms with Crippen LogP contribution in [0.5, 0.6) is 0 Å². The van der Waals surface area contributed by atoms with Crippen molar-refractivity contribution in [1.29, 1.82) is 0 Å². The molecule has 5 rings (SSSR count). The molecule has 186 valence electrons. The molecule has 1 aromatic carbocycles. The van der Waals surface area contributed by atoms with E-state index in [2.05, 4.69) is 15.2 Å². The van der Waals surface area contributed by atoms with Gasteiger partial charge in [-0.2, -0.15) is 0 Å². The van der Waals surface area contributed by atoms with Crippen LogP contribution in [0.15, 0.2) is 41.5 Å². The number of nitrogens with zero attached hydrogens (tertiary/aromatic N) is 3. The number of likely N-dealkylation sites (N-methyl/N-ethyl adjacent to an activating group) is 1. The summed E-state index contributed by atoms with van der Waals surface area (Å²) in [7, 11) is 2.03. The summed E-state index contributed by atoms with van der Waals surface area (Å²) in [5.41, 5.74) is 2.79. The third-order valence-corrected chi connectivity index (χ3v) is 8.60. The van der Waals surface area contributed by atoms with Crippen molar-refractivity contribution in [3.63, 3.8) is 0 Å². The van der Waals surface area contributed by atoms with E-state index in [-0.39, 0.29) is 18.1 Å². The van der Waals surface area contributed by atoms with Crippen molar-refractivity contribution in [2.45, 2.75) is 33.4 Å². The predicted octanol–water partition coefficient (Wildman–Crippen LogP) is 4.29. The van der Waals surface area contributed by atoms with Crippen molar-refractivity contribution < 1.29 is 14.3 Å². The number of fused-ring (bicyclic) bond motifs is 2. The highest BCUT2D eigenvalue weighted by Gasteiger charge is 2.29. The summed E-state index contributed by atoms with van der Waals surface area (Å²) in [5.74, 6) is -0.782. The van der Waals surface area contributed by atoms with E-state index in [1.165, 1.54) is 29.0 Å². The molecule has 36 heavy (non-hydrogen) atoms. The van der Waals surface area contributed by atoms with Gasteiger partial charge >= 0.3 is 5.97 Å². The minimum Gasteiger partial charge on any atom is -0.462 e. The van der Waals surface area contributed by atoms with Crippen molar-refractivity contribution in [2.75, 3.05) is 25.5 Å². The quantitative estimate of drug-likeness (QED) is 0.380. The van der Waals surface area contributed by atoms with Crippen LogP contribution in [-0.2, 0) is 24.2 Å². The van der Waals surface area contributed by atoms with Crippen LogP contribution in [0.4, 0.5) is 5.00 Å². The molecule has 1 amide bonds. The topological polar surface area (TPSA) is 93.5 Å². The van der Waals surface area contributed by atoms with Gasteiger partial charge in [0.05, 0.1) is 35.3 Å². The molecule has 0 unspecified atom stereocenters. The van der Waals surface area contributed by atoms with Gasteiger partial charge in [0.15, 0.2) is 0 Å². The Hall–Kier alpha value is -3.34. The maximum atomic E-state index is 13.4. The Bertz CT molecular complexity index is 1520. The first-order chi connectivity index (χ1) is 17.4. The normalized spacial score (nSPS) is 13.5. The fraction of sp³-hybridized carbons (Fsp3) is 0.308. The Morgan fingerprint density at radius 3 is 2.72 bits per heavy atom. The highest BCUT2D eigenvalue weighted by Crippen LogP contribution is 2.38. The molecule has 8 nitrogen and oxygen atoms in total. The summed E-state index contributed by atoms with van der Waals surface area (Å²) in [6.45, 7) is 5.74. The number of amides is 1. The molecule has 1 N–H and O–H groups in total. The van der Waals surface area contributed by atoms with Gasteiger partial charge in [-0.05, 0) is 44.0 Å². The molecule has 3 aromatic heterocycles. The number of carbonyl (C=O) groups excluding carboxylic acids is 2. The molecule has 0 fully saturated rings. The van der Waals surface area contributed by atoms with Crippen LogP contribution in [0.3, 0.4) is 0 Å². The minimum atomic E-state index is -0.423. The smallest absolute Gasteiger partial charge is 0.341 e. The van der Waals surface area contributed by atoms with Crippen LogP contribution in [0.2, 0.25) is 0 Å². The molecule has 4 heterocycles. The van der Waals surface area contributed by atoms with Crippen LogP contribution in [-0.4, -0.2) is 46.5 Å². The predicted molar refractivity (Wildman–Crippen MR) is 142 cm³/mol. The van der Waals surface area contributed by atoms with Crippen molar-refractivity contribution >= 4 is 49.8 Å². The third kappa shape index (κ3) is 4.47. The summed E-state index contributed by atoms with van der Waals surface area (Å²) in [5, 5.41) is 3.88. The number of rotatable bonds is 6. The van der Waals surface area contributed by atoms with Gasteiger partial charge < -0.3 is 15.0 Å². The van der Waals surface area contributed by atoms with E-state index in [0.717, 1.165) is 35.5 Å². The molecule has 1 aliphatic heterocycles. The summed E-state index contributed by atoms with van der Waals surface area (Å²) >= 11 is 2.60. The van der Waals surface area contributed by atoms with Crippen LogP contribution < -0.4 is 10.9 Å². The van der Waals surface area contributed by atoms with E-state index in [1.807, 2.05) is 37.4 Å². The highest BCUT2D eigenvalue weighted by atomic mass is 32.1. The summed E-state index contributed by atoms with van der Waals surface area (Å²) < 4.78 is 6.87. The Balaban J connectivity index is 1.49. The number of anilines is 1. The fourth-order valence-corrected chi connectivity index (χ4v) is 6.81. The van der Waals surface area contributed by atoms with Gasteiger partial charge in [0.1, 0.15) is 9.83 Å². The van der Waals surface area contributed by atoms with Gasteiger partial charge in [0.2, 0.25) is 0 Å². The van der Waals surface area contributed by atoms with Gasteiger partial charge in [-0.25, -0.2) is 9.78 Å². The Kier molecular flexibility index (Phi) is 6.74. The van der Waals surface area contributed by atoms with E-state index in [1.54, 1.807) is 18.4 Å². The van der Waals surface area contributed by atoms with Gasteiger partial charge in [-0.15, -0.1) is 22.7 Å². The highest BCUT2D eigenvalue weighted by molar-refractivity contribution is 7.21. The second kappa shape index (κ2) is 9.96. The molecular formula is C26H26N4O4S2. The SMILES string of the molecule is CCOC(=O)c1c(NC(=O)c2sc3ncn(Cc4ccccc4)c(=O)c3c2C)sc2c1CCN(C)C2. The molecule has 0 spiro atoms. The number of aryl methyl sites for hydroxylation is 1. The number of nitrogens with one attached hydrogen (secondary N) is 1. The van der Waals surface area contributed by atoms with E-state index < -0.39 is 5.97 Å². The van der Waals surface area contributed by atoms with Gasteiger partial charge in [0.25, 0.3) is 11.5 Å². The summed E-state index contributed by atoms with van der Waals surface area (Å²) in [6.07, 6.45) is 2.25. The van der Waals surface area contributed by atoms with E-state index in [4.69, 9.17) is 4.74 Å². The first-order valence-electron chi connectivity index (χ1n) is 11.7. The van der Waals surface area contributed by atoms with Crippen LogP contribution in [0.1, 0.15) is 48.5 Å². The number of hydrogen-bond donors (Lipinski definition) is 1. The molecule has 0 atom stereocenters. The summed E-state index contributed by atoms with van der Waals surface area (Å²) in [6, 6.07) is 9.69. The van der Waals surface area contributed by atoms with Crippen molar-refractivity contribution in [3.05, 3.63) is 79.0 Å². The van der Waals surface area contributed by atoms with Crippen molar-refractivity contribution in [1.82, 2.24) is 14.5 Å². The standard InChI is InChI=1S/C26H26N4O4S2/c1-4-34-26(33)20-17-10-11-29(3)13-18(17)35-24(20)28-22(31)21-15(2)19-23(36-21)27-14-30(25(19)32)12-16-8-6-5-7-9-16/h5-9,14H,4,10-13H2,1-3H3,(H,28,31). The van der Waals surface area contributed by atoms with Crippen molar-refractivity contribution in [3.8, 4) is 0 Å². The van der Waals surface area contributed by atoms with Gasteiger partial charge in [-0.1, -0.05) is 30.3 Å². The molecular weight excluding hydrogens is 496 g/mol. The second-order valence-electron chi connectivity index (χ2n) is 8.77. The first-order valence-corrected chi connectivity index (χ1v) is 13.3. The minimum absolute atomic E-state index is 0.182. The molecule has 0 saturated heterocycles. The lowest BCUT2D eigenvalue weighted by atomic mass is 10.0. The number of carbonyl (C=O) groups is 2. The van der Waals surface area contributed by atoms with E-state index in [9.17, 15) is 14.4 Å². The van der Waals surface area contributed by atoms with Crippen molar-refractivity contribution in [2.24, 2.45) is 0 Å². The molecule has 0 bridgehead atoms. The number of benzene rings is 1. The zero-order chi connectivity index (χ0) is 25.4. The largest absolute Gasteiger partial charge is 0.462 e. The second-order valence-corrected chi connectivity index (χ2v) is 10.9. The average molecular weight is 523 g/mol. The van der Waals surface area contributed by atoms with Crippen LogP contribution >= 0.6 is 22.7 Å². The average Bonchev–Trinajstić information content (AvgIpc) is 3.38. The lowest BCUT2D eigenvalue weighted by Crippen LogP contribution is -2.26. The first kappa shape index (κ1) is 24.4. The van der Waals surface area contributed by atoms with Gasteiger partial charge in [-0.3, -0.25) is 14.2 Å². The number of hydrogen-bond acceptors (Lipinski definition) is 8. The zero-order valence-corrected chi connectivity index (χ0v) is 21.9. The molecule has 1 aliphatic rings. The van der Waals surface area contributed by atoms with E-state index in [0.29, 0.717) is 37.8 Å². The van der Waals surface area contributed by atoms with E-state index >= 15 is 0 Å². The Labute approximate surface area is 216 Å². The Morgan fingerprint density at radius 1 is 1.19 bits per heavy atom. The molecule has 4 aromatic rings. The third-order valence-electron chi connectivity index (χ3n) is 6.27. The lowest BCUT2D eigenvalue weighted by Gasteiger charge is -2.22. The van der Waals surface area contributed by atoms with Gasteiger partial charge in [0, 0.05) is 18.0 Å². The number of ether oxygens (including phenoxy) is 1. The summed E-state index contributed by atoms with van der Waals surface area (Å²) in [4.78, 5) is 48.1. The Morgan fingerprint density at radius 2 is 1.97 bits per heavy atom.